The number of sulfone groups is 1. The van der Waals surface area contributed by atoms with Gasteiger partial charge in [0, 0.05) is 17.4 Å². The lowest BCUT2D eigenvalue weighted by Crippen LogP contribution is -2.50. The summed E-state index contributed by atoms with van der Waals surface area (Å²) in [4.78, 5) is -0.333. The maximum Gasteiger partial charge on any atom is 0.416 e. The van der Waals surface area contributed by atoms with Crippen LogP contribution in [0.5, 0.6) is 0 Å². The fourth-order valence-corrected chi connectivity index (χ4v) is 7.93. The van der Waals surface area contributed by atoms with Crippen LogP contribution in [0.25, 0.3) is 0 Å². The van der Waals surface area contributed by atoms with Crippen molar-refractivity contribution in [1.29, 1.82) is 0 Å². The second kappa shape index (κ2) is 8.04. The van der Waals surface area contributed by atoms with Crippen LogP contribution in [-0.2, 0) is 20.8 Å². The summed E-state index contributed by atoms with van der Waals surface area (Å²) >= 11 is 1.55. The van der Waals surface area contributed by atoms with Crippen LogP contribution in [0, 0.1) is 17.6 Å². The lowest BCUT2D eigenvalue weighted by Gasteiger charge is -2.46. The van der Waals surface area contributed by atoms with Gasteiger partial charge in [-0.15, -0.1) is 0 Å². The third kappa shape index (κ3) is 3.98. The van der Waals surface area contributed by atoms with Crippen molar-refractivity contribution in [3.63, 3.8) is 0 Å². The van der Waals surface area contributed by atoms with Gasteiger partial charge in [-0.25, -0.2) is 17.2 Å². The number of benzene rings is 2. The molecule has 1 aliphatic heterocycles. The molecule has 2 aromatic rings. The Hall–Kier alpha value is -1.65. The van der Waals surface area contributed by atoms with Crippen molar-refractivity contribution in [2.75, 3.05) is 5.75 Å². The van der Waals surface area contributed by atoms with Crippen LogP contribution in [0.1, 0.15) is 36.8 Å². The van der Waals surface area contributed by atoms with Crippen molar-refractivity contribution in [1.82, 2.24) is 4.72 Å². The minimum atomic E-state index is -4.61. The molecule has 3 nitrogen and oxygen atoms in total. The maximum atomic E-state index is 14.9. The molecule has 0 bridgehead atoms. The van der Waals surface area contributed by atoms with Gasteiger partial charge in [0.05, 0.1) is 10.5 Å². The van der Waals surface area contributed by atoms with Crippen LogP contribution in [-0.4, -0.2) is 20.2 Å². The van der Waals surface area contributed by atoms with E-state index < -0.39 is 38.0 Å². The van der Waals surface area contributed by atoms with Crippen molar-refractivity contribution < 1.29 is 30.4 Å². The SMILES string of the molecule is O=S(=O)(c1ccc(C(F)(F)F)cc1)C1(c2cc(F)ccc2F)CCC2NSCCC2C1. The number of hydrogen-bond donors (Lipinski definition) is 1. The predicted octanol–water partition coefficient (Wildman–Crippen LogP) is 5.46. The standard InChI is InChI=1S/C21H20F5NO2S2/c22-15-3-6-18(23)17(11-15)20(9-7-19-13(12-20)8-10-30-27-19)31(28,29)16-4-1-14(2-5-16)21(24,25)26/h1-6,11,13,19,27H,7-10,12H2. The van der Waals surface area contributed by atoms with Gasteiger partial charge in [0.15, 0.2) is 9.84 Å². The minimum absolute atomic E-state index is 0.0332. The van der Waals surface area contributed by atoms with Crippen molar-refractivity contribution in [2.45, 2.75) is 47.5 Å². The number of rotatable bonds is 3. The van der Waals surface area contributed by atoms with E-state index in [-0.39, 0.29) is 35.3 Å². The van der Waals surface area contributed by atoms with Crippen LogP contribution in [0.4, 0.5) is 22.0 Å². The van der Waals surface area contributed by atoms with E-state index in [1.54, 1.807) is 11.9 Å². The van der Waals surface area contributed by atoms with E-state index in [2.05, 4.69) is 4.72 Å². The van der Waals surface area contributed by atoms with Crippen molar-refractivity contribution >= 4 is 21.8 Å². The molecule has 1 saturated heterocycles. The Bertz CT molecular complexity index is 1070. The molecule has 2 aliphatic rings. The highest BCUT2D eigenvalue weighted by atomic mass is 32.2. The third-order valence-corrected chi connectivity index (χ3v) is 9.69. The smallest absolute Gasteiger partial charge is 0.261 e. The largest absolute Gasteiger partial charge is 0.416 e. The van der Waals surface area contributed by atoms with Crippen LogP contribution < -0.4 is 4.72 Å². The molecule has 3 atom stereocenters. The normalized spacial score (nSPS) is 27.0. The molecule has 0 spiro atoms. The van der Waals surface area contributed by atoms with Crippen LogP contribution in [0.15, 0.2) is 47.4 Å². The summed E-state index contributed by atoms with van der Waals surface area (Å²) < 4.78 is 96.9. The van der Waals surface area contributed by atoms with Crippen LogP contribution >= 0.6 is 11.9 Å². The second-order valence-corrected chi connectivity index (χ2v) is 11.2. The van der Waals surface area contributed by atoms with E-state index in [9.17, 15) is 30.4 Å². The van der Waals surface area contributed by atoms with E-state index in [1.807, 2.05) is 0 Å². The molecule has 2 fully saturated rings. The molecular formula is C21H20F5NO2S2. The number of halogens is 5. The fraction of sp³-hybridized carbons (Fsp3) is 0.429. The summed E-state index contributed by atoms with van der Waals surface area (Å²) in [6, 6.07) is 5.97. The number of fused-ring (bicyclic) bond motifs is 1. The Balaban J connectivity index is 1.85. The van der Waals surface area contributed by atoms with Gasteiger partial charge in [0.25, 0.3) is 0 Å². The van der Waals surface area contributed by atoms with Crippen molar-refractivity contribution in [2.24, 2.45) is 5.92 Å². The molecule has 0 aromatic heterocycles. The Morgan fingerprint density at radius 2 is 1.74 bits per heavy atom. The monoisotopic (exact) mass is 477 g/mol. The van der Waals surface area contributed by atoms with E-state index >= 15 is 0 Å². The van der Waals surface area contributed by atoms with Gasteiger partial charge in [-0.05, 0) is 74.1 Å². The highest BCUT2D eigenvalue weighted by Crippen LogP contribution is 2.51. The van der Waals surface area contributed by atoms with E-state index in [0.29, 0.717) is 25.0 Å². The fourth-order valence-electron chi connectivity index (χ4n) is 4.66. The molecular weight excluding hydrogens is 457 g/mol. The van der Waals surface area contributed by atoms with Crippen LogP contribution in [0.2, 0.25) is 0 Å². The van der Waals surface area contributed by atoms with Gasteiger partial charge in [0.2, 0.25) is 0 Å². The first kappa shape index (κ1) is 22.5. The first-order valence-corrected chi connectivity index (χ1v) is 12.3. The lowest BCUT2D eigenvalue weighted by molar-refractivity contribution is -0.137. The second-order valence-electron chi connectivity index (χ2n) is 8.01. The molecule has 3 unspecified atom stereocenters. The highest BCUT2D eigenvalue weighted by molar-refractivity contribution is 7.97. The minimum Gasteiger partial charge on any atom is -0.261 e. The quantitative estimate of drug-likeness (QED) is 0.471. The molecule has 1 heterocycles. The number of hydrogen-bond acceptors (Lipinski definition) is 4. The zero-order valence-electron chi connectivity index (χ0n) is 16.3. The summed E-state index contributed by atoms with van der Waals surface area (Å²) in [5, 5.41) is 0. The zero-order valence-corrected chi connectivity index (χ0v) is 17.9. The summed E-state index contributed by atoms with van der Waals surface area (Å²) in [6.07, 6.45) is -3.38. The molecule has 4 rings (SSSR count). The first-order valence-electron chi connectivity index (χ1n) is 9.79. The summed E-state index contributed by atoms with van der Waals surface area (Å²) in [5.41, 5.74) is -1.24. The Kier molecular flexibility index (Phi) is 5.85. The summed E-state index contributed by atoms with van der Waals surface area (Å²) in [6.45, 7) is 0. The van der Waals surface area contributed by atoms with Crippen molar-refractivity contribution in [3.8, 4) is 0 Å². The van der Waals surface area contributed by atoms with Gasteiger partial charge in [-0.3, -0.25) is 4.72 Å². The third-order valence-electron chi connectivity index (χ3n) is 6.27. The van der Waals surface area contributed by atoms with Gasteiger partial charge < -0.3 is 0 Å². The average Bonchev–Trinajstić information content (AvgIpc) is 2.74. The maximum absolute atomic E-state index is 14.9. The van der Waals surface area contributed by atoms with Crippen molar-refractivity contribution in [3.05, 3.63) is 65.2 Å². The van der Waals surface area contributed by atoms with Gasteiger partial charge in [-0.2, -0.15) is 13.2 Å². The lowest BCUT2D eigenvalue weighted by atomic mass is 9.73. The molecule has 10 heteroatoms. The molecule has 1 N–H and O–H groups in total. The molecule has 168 valence electrons. The predicted molar refractivity (Wildman–Crippen MR) is 108 cm³/mol. The zero-order chi connectivity index (χ0) is 22.4. The molecule has 0 radical (unpaired) electrons. The molecule has 31 heavy (non-hydrogen) atoms. The summed E-state index contributed by atoms with van der Waals surface area (Å²) in [5.74, 6) is -0.934. The number of nitrogens with one attached hydrogen (secondary N) is 1. The van der Waals surface area contributed by atoms with Gasteiger partial charge in [0.1, 0.15) is 16.4 Å². The van der Waals surface area contributed by atoms with E-state index in [4.69, 9.17) is 0 Å². The molecule has 1 saturated carbocycles. The topological polar surface area (TPSA) is 46.2 Å². The summed E-state index contributed by atoms with van der Waals surface area (Å²) in [7, 11) is -4.34. The molecule has 2 aromatic carbocycles. The van der Waals surface area contributed by atoms with Crippen LogP contribution in [0.3, 0.4) is 0 Å². The Morgan fingerprint density at radius 3 is 2.42 bits per heavy atom. The van der Waals surface area contributed by atoms with E-state index in [1.165, 1.54) is 0 Å². The van der Waals surface area contributed by atoms with Gasteiger partial charge >= 0.3 is 6.18 Å². The number of alkyl halides is 3. The average molecular weight is 478 g/mol. The Morgan fingerprint density at radius 1 is 1.03 bits per heavy atom. The van der Waals surface area contributed by atoms with Gasteiger partial charge in [-0.1, -0.05) is 11.9 Å². The highest BCUT2D eigenvalue weighted by Gasteiger charge is 2.53. The first-order chi connectivity index (χ1) is 14.5. The Labute approximate surface area is 181 Å². The van der Waals surface area contributed by atoms with E-state index in [0.717, 1.165) is 36.1 Å². The molecule has 1 aliphatic carbocycles. The molecule has 0 amide bonds.